The molecule has 0 aromatic heterocycles. The number of unbranched alkanes of at least 4 members (excludes halogenated alkanes) is 27. The number of benzene rings is 1. The van der Waals surface area contributed by atoms with Gasteiger partial charge in [-0.1, -0.05) is 231 Å². The summed E-state index contributed by atoms with van der Waals surface area (Å²) in [5, 5.41) is 0. The van der Waals surface area contributed by atoms with Crippen molar-refractivity contribution in [2.75, 3.05) is 0 Å². The molecule has 0 aliphatic heterocycles. The number of halogens is 1. The maximum atomic E-state index is 7.73. The third kappa shape index (κ3) is 22.9. The van der Waals surface area contributed by atoms with E-state index in [4.69, 9.17) is 11.6 Å². The Bertz CT molecular complexity index is 685. The lowest BCUT2D eigenvalue weighted by molar-refractivity contribution is 0.440. The van der Waals surface area contributed by atoms with Crippen LogP contribution in [0.3, 0.4) is 0 Å². The van der Waals surface area contributed by atoms with E-state index in [1.165, 1.54) is 205 Å². The normalized spacial score (nSPS) is 11.9. The van der Waals surface area contributed by atoms with Gasteiger partial charge in [0.05, 0.1) is 4.87 Å². The molecule has 0 amide bonds. The highest BCUT2D eigenvalue weighted by Crippen LogP contribution is 2.42. The minimum absolute atomic E-state index is 0.171. The van der Waals surface area contributed by atoms with Crippen LogP contribution in [0, 0.1) is 0 Å². The molecule has 0 heterocycles. The van der Waals surface area contributed by atoms with Crippen molar-refractivity contribution in [2.45, 2.75) is 238 Å². The van der Waals surface area contributed by atoms with Crippen molar-refractivity contribution in [2.24, 2.45) is 0 Å². The molecule has 0 N–H and O–H groups in total. The van der Waals surface area contributed by atoms with Crippen molar-refractivity contribution < 1.29 is 0 Å². The minimum atomic E-state index is -0.171. The first-order valence-electron chi connectivity index (χ1n) is 20.4. The molecule has 0 atom stereocenters. The SMILES string of the molecule is CCCCCCCCCCCCc1ccccc1C(Cl)(CCCCCCCCCCCC)CCCCCCCCCCCC. The average Bonchev–Trinajstić information content (AvgIpc) is 3.04. The summed E-state index contributed by atoms with van der Waals surface area (Å²) in [6, 6.07) is 9.31. The molecular weight excluding hydrogens is 552 g/mol. The number of aryl methyl sites for hydroxylation is 1. The second-order valence-electron chi connectivity index (χ2n) is 14.4. The Hall–Kier alpha value is -0.490. The Balaban J connectivity index is 2.53. The van der Waals surface area contributed by atoms with Crippen molar-refractivity contribution in [3.05, 3.63) is 35.4 Å². The number of hydrogen-bond acceptors (Lipinski definition) is 0. The maximum Gasteiger partial charge on any atom is 0.0697 e. The number of alkyl halides is 1. The second kappa shape index (κ2) is 31.1. The van der Waals surface area contributed by atoms with Gasteiger partial charge < -0.3 is 0 Å². The lowest BCUT2D eigenvalue weighted by Crippen LogP contribution is -2.21. The summed E-state index contributed by atoms with van der Waals surface area (Å²) < 4.78 is 0. The molecule has 0 fully saturated rings. The lowest BCUT2D eigenvalue weighted by Gasteiger charge is -2.30. The highest BCUT2D eigenvalue weighted by atomic mass is 35.5. The van der Waals surface area contributed by atoms with Crippen molar-refractivity contribution in [1.82, 2.24) is 0 Å². The molecule has 0 bridgehead atoms. The minimum Gasteiger partial charge on any atom is -0.114 e. The summed E-state index contributed by atoms with van der Waals surface area (Å²) in [5.74, 6) is 0. The molecule has 1 heteroatoms. The molecular formula is C43H79Cl. The van der Waals surface area contributed by atoms with E-state index in [0.29, 0.717) is 0 Å². The quantitative estimate of drug-likeness (QED) is 0.0525. The lowest BCUT2D eigenvalue weighted by atomic mass is 9.83. The van der Waals surface area contributed by atoms with Crippen LogP contribution in [-0.4, -0.2) is 0 Å². The molecule has 0 unspecified atom stereocenters. The van der Waals surface area contributed by atoms with Crippen molar-refractivity contribution in [1.29, 1.82) is 0 Å². The van der Waals surface area contributed by atoms with E-state index in [1.54, 1.807) is 5.56 Å². The van der Waals surface area contributed by atoms with Gasteiger partial charge in [-0.15, -0.1) is 11.6 Å². The topological polar surface area (TPSA) is 0 Å². The van der Waals surface area contributed by atoms with Crippen molar-refractivity contribution in [3.8, 4) is 0 Å². The molecule has 1 aromatic carbocycles. The molecule has 1 aromatic rings. The summed E-state index contributed by atoms with van der Waals surface area (Å²) in [6.07, 6.45) is 45.4. The predicted molar refractivity (Wildman–Crippen MR) is 202 cm³/mol. The molecule has 0 spiro atoms. The Labute approximate surface area is 283 Å². The van der Waals surface area contributed by atoms with E-state index in [-0.39, 0.29) is 4.87 Å². The van der Waals surface area contributed by atoms with Crippen molar-refractivity contribution >= 4 is 11.6 Å². The van der Waals surface area contributed by atoms with E-state index >= 15 is 0 Å². The van der Waals surface area contributed by atoms with Crippen LogP contribution in [0.4, 0.5) is 0 Å². The fraction of sp³-hybridized carbons (Fsp3) is 0.860. The first kappa shape index (κ1) is 41.5. The smallest absolute Gasteiger partial charge is 0.0697 e. The zero-order valence-corrected chi connectivity index (χ0v) is 31.3. The predicted octanol–water partition coefficient (Wildman–Crippen LogP) is 16.2. The van der Waals surface area contributed by atoms with E-state index < -0.39 is 0 Å². The van der Waals surface area contributed by atoms with Gasteiger partial charge in [0.1, 0.15) is 0 Å². The van der Waals surface area contributed by atoms with E-state index in [9.17, 15) is 0 Å². The molecule has 258 valence electrons. The molecule has 0 saturated heterocycles. The van der Waals surface area contributed by atoms with Gasteiger partial charge in [0.15, 0.2) is 0 Å². The Morgan fingerprint density at radius 2 is 0.682 bits per heavy atom. The van der Waals surface area contributed by atoms with Crippen LogP contribution in [0.1, 0.15) is 237 Å². The van der Waals surface area contributed by atoms with Gasteiger partial charge >= 0.3 is 0 Å². The standard InChI is InChI=1S/C43H79Cl/c1-4-7-10-13-16-19-22-25-28-31-36-41-37-32-33-38-42(41)43(44,39-34-29-26-23-20-17-14-11-8-5-2)40-35-30-27-24-21-18-15-12-9-6-3/h32-33,37-38H,4-31,34-36,39-40H2,1-3H3. The molecule has 44 heavy (non-hydrogen) atoms. The van der Waals surface area contributed by atoms with Gasteiger partial charge in [0, 0.05) is 0 Å². The summed E-state index contributed by atoms with van der Waals surface area (Å²) in [6.45, 7) is 6.93. The van der Waals surface area contributed by atoms with Gasteiger partial charge in [-0.25, -0.2) is 0 Å². The van der Waals surface area contributed by atoms with Crippen LogP contribution in [0.5, 0.6) is 0 Å². The van der Waals surface area contributed by atoms with Crippen LogP contribution in [0.2, 0.25) is 0 Å². The van der Waals surface area contributed by atoms with Crippen LogP contribution >= 0.6 is 11.6 Å². The molecule has 0 radical (unpaired) electrons. The van der Waals surface area contributed by atoms with Crippen LogP contribution < -0.4 is 0 Å². The van der Waals surface area contributed by atoms with E-state index in [1.807, 2.05) is 0 Å². The zero-order chi connectivity index (χ0) is 31.8. The summed E-state index contributed by atoms with van der Waals surface area (Å²) >= 11 is 7.73. The van der Waals surface area contributed by atoms with E-state index in [0.717, 1.165) is 12.8 Å². The number of hydrogen-bond donors (Lipinski definition) is 0. The van der Waals surface area contributed by atoms with Gasteiger partial charge in [-0.3, -0.25) is 0 Å². The first-order valence-corrected chi connectivity index (χ1v) is 20.8. The largest absolute Gasteiger partial charge is 0.114 e. The summed E-state index contributed by atoms with van der Waals surface area (Å²) in [5.41, 5.74) is 3.02. The second-order valence-corrected chi connectivity index (χ2v) is 15.1. The fourth-order valence-electron chi connectivity index (χ4n) is 7.16. The third-order valence-electron chi connectivity index (χ3n) is 10.2. The molecule has 0 aliphatic carbocycles. The molecule has 1 rings (SSSR count). The fourth-order valence-corrected chi connectivity index (χ4v) is 7.61. The molecule has 0 nitrogen and oxygen atoms in total. The Morgan fingerprint density at radius 3 is 1.05 bits per heavy atom. The van der Waals surface area contributed by atoms with Crippen LogP contribution in [0.25, 0.3) is 0 Å². The highest BCUT2D eigenvalue weighted by Gasteiger charge is 2.30. The molecule has 0 saturated carbocycles. The first-order chi connectivity index (χ1) is 21.7. The molecule has 0 aliphatic rings. The van der Waals surface area contributed by atoms with Crippen LogP contribution in [0.15, 0.2) is 24.3 Å². The van der Waals surface area contributed by atoms with E-state index in [2.05, 4.69) is 45.0 Å². The van der Waals surface area contributed by atoms with Crippen LogP contribution in [-0.2, 0) is 11.3 Å². The number of rotatable bonds is 34. The van der Waals surface area contributed by atoms with Gasteiger partial charge in [0.25, 0.3) is 0 Å². The van der Waals surface area contributed by atoms with Crippen molar-refractivity contribution in [3.63, 3.8) is 0 Å². The Morgan fingerprint density at radius 1 is 0.386 bits per heavy atom. The third-order valence-corrected chi connectivity index (χ3v) is 10.7. The zero-order valence-electron chi connectivity index (χ0n) is 30.5. The maximum absolute atomic E-state index is 7.73. The summed E-state index contributed by atoms with van der Waals surface area (Å²) in [4.78, 5) is -0.171. The highest BCUT2D eigenvalue weighted by molar-refractivity contribution is 6.24. The monoisotopic (exact) mass is 631 g/mol. The van der Waals surface area contributed by atoms with Gasteiger partial charge in [0.2, 0.25) is 0 Å². The summed E-state index contributed by atoms with van der Waals surface area (Å²) in [7, 11) is 0. The average molecular weight is 632 g/mol. The Kier molecular flexibility index (Phi) is 29.4. The van der Waals surface area contributed by atoms with Gasteiger partial charge in [-0.2, -0.15) is 0 Å². The van der Waals surface area contributed by atoms with Gasteiger partial charge in [-0.05, 0) is 36.8 Å².